The molecule has 1 aliphatic rings. The zero-order valence-electron chi connectivity index (χ0n) is 11.4. The van der Waals surface area contributed by atoms with Crippen LogP contribution in [0.2, 0.25) is 0 Å². The minimum atomic E-state index is -4.11. The highest BCUT2D eigenvalue weighted by Gasteiger charge is 2.41. The zero-order valence-corrected chi connectivity index (χ0v) is 11.4. The second-order valence-corrected chi connectivity index (χ2v) is 5.36. The van der Waals surface area contributed by atoms with Crippen LogP contribution in [0.1, 0.15) is 31.2 Å². The molecule has 2 rings (SSSR count). The van der Waals surface area contributed by atoms with Crippen LogP contribution in [0.15, 0.2) is 24.3 Å². The van der Waals surface area contributed by atoms with Crippen LogP contribution in [-0.2, 0) is 6.54 Å². The van der Waals surface area contributed by atoms with E-state index < -0.39 is 17.0 Å². The molecule has 7 heteroatoms. The van der Waals surface area contributed by atoms with Crippen LogP contribution in [0.5, 0.6) is 0 Å². The molecule has 1 fully saturated rings. The quantitative estimate of drug-likeness (QED) is 0.680. The minimum Gasteiger partial charge on any atom is -0.310 e. The molecule has 0 amide bonds. The number of nitrogens with one attached hydrogen (secondary N) is 1. The molecule has 0 radical (unpaired) electrons. The van der Waals surface area contributed by atoms with E-state index in [1.165, 1.54) is 6.07 Å². The molecule has 0 heterocycles. The molecule has 1 aromatic rings. The first-order valence-corrected chi connectivity index (χ1v) is 6.90. The summed E-state index contributed by atoms with van der Waals surface area (Å²) in [6.45, 7) is 0.304. The van der Waals surface area contributed by atoms with E-state index in [9.17, 15) is 23.3 Å². The van der Waals surface area contributed by atoms with E-state index in [0.717, 1.165) is 0 Å². The molecule has 0 unspecified atom stereocenters. The maximum Gasteiger partial charge on any atom is 0.391 e. The summed E-state index contributed by atoms with van der Waals surface area (Å²) >= 11 is 0. The molecule has 1 aliphatic carbocycles. The van der Waals surface area contributed by atoms with Gasteiger partial charge < -0.3 is 5.32 Å². The maximum absolute atomic E-state index is 12.6. The number of nitrogens with zero attached hydrogens (tertiary/aromatic N) is 1. The summed E-state index contributed by atoms with van der Waals surface area (Å²) in [6, 6.07) is 6.38. The number of nitro groups is 1. The summed E-state index contributed by atoms with van der Waals surface area (Å²) in [5, 5.41) is 14.0. The van der Waals surface area contributed by atoms with Gasteiger partial charge in [0.15, 0.2) is 0 Å². The Kier molecular flexibility index (Phi) is 4.82. The van der Waals surface area contributed by atoms with E-state index in [1.54, 1.807) is 18.2 Å². The largest absolute Gasteiger partial charge is 0.391 e. The summed E-state index contributed by atoms with van der Waals surface area (Å²) in [5.41, 5.74) is 0.592. The van der Waals surface area contributed by atoms with E-state index in [-0.39, 0.29) is 24.6 Å². The van der Waals surface area contributed by atoms with Gasteiger partial charge in [-0.2, -0.15) is 13.2 Å². The number of para-hydroxylation sites is 1. The second-order valence-electron chi connectivity index (χ2n) is 5.36. The van der Waals surface area contributed by atoms with Crippen molar-refractivity contribution in [3.8, 4) is 0 Å². The second kappa shape index (κ2) is 6.43. The number of rotatable bonds is 4. The van der Waals surface area contributed by atoms with Gasteiger partial charge in [0.25, 0.3) is 5.69 Å². The highest BCUT2D eigenvalue weighted by molar-refractivity contribution is 5.39. The third kappa shape index (κ3) is 4.17. The molecule has 0 saturated heterocycles. The summed E-state index contributed by atoms with van der Waals surface area (Å²) in [5.74, 6) is -1.21. The summed E-state index contributed by atoms with van der Waals surface area (Å²) in [6.07, 6.45) is -2.96. The van der Waals surface area contributed by atoms with Crippen LogP contribution in [0.3, 0.4) is 0 Å². The molecule has 0 bridgehead atoms. The normalized spacial score (nSPS) is 23.0. The molecule has 1 aromatic carbocycles. The third-order valence-electron chi connectivity index (χ3n) is 3.96. The number of halogens is 3. The van der Waals surface area contributed by atoms with Crippen LogP contribution >= 0.6 is 0 Å². The lowest BCUT2D eigenvalue weighted by atomic mass is 9.85. The first-order chi connectivity index (χ1) is 9.88. The Morgan fingerprint density at radius 2 is 1.81 bits per heavy atom. The molecule has 4 nitrogen and oxygen atoms in total. The van der Waals surface area contributed by atoms with E-state index in [0.29, 0.717) is 24.9 Å². The fourth-order valence-corrected chi connectivity index (χ4v) is 2.72. The van der Waals surface area contributed by atoms with Crippen molar-refractivity contribution in [1.82, 2.24) is 5.32 Å². The maximum atomic E-state index is 12.6. The average molecular weight is 302 g/mol. The van der Waals surface area contributed by atoms with E-state index in [1.807, 2.05) is 0 Å². The fourth-order valence-electron chi connectivity index (χ4n) is 2.72. The SMILES string of the molecule is O=[N+]([O-])c1ccccc1CNC1CCC(C(F)(F)F)CC1. The number of nitro benzene ring substituents is 1. The molecule has 116 valence electrons. The van der Waals surface area contributed by atoms with Crippen molar-refractivity contribution in [2.75, 3.05) is 0 Å². The average Bonchev–Trinajstić information content (AvgIpc) is 2.45. The van der Waals surface area contributed by atoms with Crippen LogP contribution < -0.4 is 5.32 Å². The Morgan fingerprint density at radius 3 is 2.38 bits per heavy atom. The van der Waals surface area contributed by atoms with Gasteiger partial charge in [-0.1, -0.05) is 18.2 Å². The lowest BCUT2D eigenvalue weighted by Gasteiger charge is -2.30. The monoisotopic (exact) mass is 302 g/mol. The Hall–Kier alpha value is -1.63. The Labute approximate surface area is 120 Å². The molecule has 0 aromatic heterocycles. The fraction of sp³-hybridized carbons (Fsp3) is 0.571. The summed E-state index contributed by atoms with van der Waals surface area (Å²) < 4.78 is 37.7. The van der Waals surface area contributed by atoms with Crippen LogP contribution in [-0.4, -0.2) is 17.1 Å². The lowest BCUT2D eigenvalue weighted by Crippen LogP contribution is -2.36. The van der Waals surface area contributed by atoms with Crippen LogP contribution in [0.4, 0.5) is 18.9 Å². The summed E-state index contributed by atoms with van der Waals surface area (Å²) in [4.78, 5) is 10.4. The van der Waals surface area contributed by atoms with Crippen molar-refractivity contribution in [2.45, 2.75) is 44.4 Å². The molecule has 0 atom stereocenters. The highest BCUT2D eigenvalue weighted by Crippen LogP contribution is 2.37. The lowest BCUT2D eigenvalue weighted by molar-refractivity contribution is -0.385. The molecular formula is C14H17F3N2O2. The molecular weight excluding hydrogens is 285 g/mol. The van der Waals surface area contributed by atoms with Gasteiger partial charge in [0.05, 0.1) is 10.8 Å². The van der Waals surface area contributed by atoms with Gasteiger partial charge in [0.1, 0.15) is 0 Å². The van der Waals surface area contributed by atoms with E-state index in [4.69, 9.17) is 0 Å². The van der Waals surface area contributed by atoms with Gasteiger partial charge in [-0.25, -0.2) is 0 Å². The van der Waals surface area contributed by atoms with E-state index in [2.05, 4.69) is 5.32 Å². The van der Waals surface area contributed by atoms with Gasteiger partial charge >= 0.3 is 6.18 Å². The van der Waals surface area contributed by atoms with Crippen molar-refractivity contribution in [3.05, 3.63) is 39.9 Å². The number of hydrogen-bond acceptors (Lipinski definition) is 3. The first-order valence-electron chi connectivity index (χ1n) is 6.90. The molecule has 21 heavy (non-hydrogen) atoms. The highest BCUT2D eigenvalue weighted by atomic mass is 19.4. The number of benzene rings is 1. The smallest absolute Gasteiger partial charge is 0.310 e. The molecule has 0 spiro atoms. The predicted octanol–water partition coefficient (Wildman–Crippen LogP) is 3.81. The van der Waals surface area contributed by atoms with Crippen LogP contribution in [0, 0.1) is 16.0 Å². The number of hydrogen-bond donors (Lipinski definition) is 1. The Balaban J connectivity index is 1.87. The standard InChI is InChI=1S/C14H17F3N2O2/c15-14(16,17)11-5-7-12(8-6-11)18-9-10-3-1-2-4-13(10)19(20)21/h1-4,11-12,18H,5-9H2. The van der Waals surface area contributed by atoms with Gasteiger partial charge in [0, 0.05) is 24.2 Å². The Bertz CT molecular complexity index is 497. The van der Waals surface area contributed by atoms with Crippen molar-refractivity contribution < 1.29 is 18.1 Å². The van der Waals surface area contributed by atoms with Gasteiger partial charge in [-0.05, 0) is 25.7 Å². The van der Waals surface area contributed by atoms with Crippen LogP contribution in [0.25, 0.3) is 0 Å². The summed E-state index contributed by atoms with van der Waals surface area (Å²) in [7, 11) is 0. The first kappa shape index (κ1) is 15.8. The number of alkyl halides is 3. The predicted molar refractivity (Wildman–Crippen MR) is 71.7 cm³/mol. The van der Waals surface area contributed by atoms with E-state index >= 15 is 0 Å². The molecule has 1 N–H and O–H groups in total. The molecule has 1 saturated carbocycles. The van der Waals surface area contributed by atoms with Gasteiger partial charge in [-0.3, -0.25) is 10.1 Å². The molecule has 0 aliphatic heterocycles. The topological polar surface area (TPSA) is 55.2 Å². The van der Waals surface area contributed by atoms with Crippen molar-refractivity contribution >= 4 is 5.69 Å². The third-order valence-corrected chi connectivity index (χ3v) is 3.96. The van der Waals surface area contributed by atoms with Crippen molar-refractivity contribution in [1.29, 1.82) is 0 Å². The van der Waals surface area contributed by atoms with Crippen molar-refractivity contribution in [3.63, 3.8) is 0 Å². The van der Waals surface area contributed by atoms with Gasteiger partial charge in [-0.15, -0.1) is 0 Å². The van der Waals surface area contributed by atoms with Crippen molar-refractivity contribution in [2.24, 2.45) is 5.92 Å². The minimum absolute atomic E-state index is 0.0107. The van der Waals surface area contributed by atoms with Gasteiger partial charge in [0.2, 0.25) is 0 Å². The zero-order chi connectivity index (χ0) is 15.5. The Morgan fingerprint density at radius 1 is 1.19 bits per heavy atom.